The van der Waals surface area contributed by atoms with E-state index in [1.165, 1.54) is 0 Å². The molecule has 3 aromatic rings. The van der Waals surface area contributed by atoms with Crippen LogP contribution >= 0.6 is 11.8 Å². The summed E-state index contributed by atoms with van der Waals surface area (Å²) in [6, 6.07) is 16.1. The maximum absolute atomic E-state index is 11.6. The maximum Gasteiger partial charge on any atom is 0.257 e. The van der Waals surface area contributed by atoms with E-state index in [0.717, 1.165) is 27.6 Å². The van der Waals surface area contributed by atoms with Crippen molar-refractivity contribution >= 4 is 23.4 Å². The molecule has 0 radical (unpaired) electrons. The molecule has 1 N–H and O–H groups in total. The molecule has 0 bridgehead atoms. The molecule has 2 aliphatic heterocycles. The summed E-state index contributed by atoms with van der Waals surface area (Å²) in [5.41, 5.74) is 6.33. The second-order valence-corrected chi connectivity index (χ2v) is 7.15. The molecule has 1 atom stereocenters. The highest BCUT2D eigenvalue weighted by atomic mass is 32.2. The Labute approximate surface area is 153 Å². The predicted octanol–water partition coefficient (Wildman–Crippen LogP) is 2.95. The highest BCUT2D eigenvalue weighted by Crippen LogP contribution is 2.41. The van der Waals surface area contributed by atoms with E-state index >= 15 is 0 Å². The van der Waals surface area contributed by atoms with Gasteiger partial charge in [0.2, 0.25) is 0 Å². The molecule has 0 saturated carbocycles. The first-order valence-electron chi connectivity index (χ1n) is 8.21. The topological polar surface area (TPSA) is 68.5 Å². The van der Waals surface area contributed by atoms with Gasteiger partial charge in [0.05, 0.1) is 17.4 Å². The molecule has 2 aliphatic rings. The van der Waals surface area contributed by atoms with Gasteiger partial charge in [0.25, 0.3) is 5.91 Å². The normalized spacial score (nSPS) is 18.2. The van der Waals surface area contributed by atoms with Crippen molar-refractivity contribution in [3.63, 3.8) is 0 Å². The Morgan fingerprint density at radius 2 is 2.08 bits per heavy atom. The molecule has 0 aliphatic carbocycles. The van der Waals surface area contributed by atoms with Crippen LogP contribution in [0.2, 0.25) is 0 Å². The largest absolute Gasteiger partial charge is 0.379 e. The Bertz CT molecular complexity index is 1030. The first-order chi connectivity index (χ1) is 12.8. The number of nitrogens with one attached hydrogen (secondary N) is 1. The van der Waals surface area contributed by atoms with E-state index in [9.17, 15) is 4.79 Å². The maximum atomic E-state index is 11.6. The van der Waals surface area contributed by atoms with Gasteiger partial charge in [0.15, 0.2) is 10.9 Å². The minimum Gasteiger partial charge on any atom is -0.379 e. The van der Waals surface area contributed by atoms with E-state index < -0.39 is 0 Å². The Kier molecular flexibility index (Phi) is 3.53. The summed E-state index contributed by atoms with van der Waals surface area (Å²) in [4.78, 5) is 21.3. The average molecular weight is 362 g/mol. The van der Waals surface area contributed by atoms with Crippen LogP contribution < -0.4 is 10.3 Å². The smallest absolute Gasteiger partial charge is 0.257 e. The fraction of sp³-hybridized carbons (Fsp3) is 0.105. The van der Waals surface area contributed by atoms with Gasteiger partial charge in [-0.2, -0.15) is 10.6 Å². The Balaban J connectivity index is 1.63. The number of hydrogen-bond donors (Lipinski definition) is 1. The number of aromatic nitrogens is 2. The standard InChI is InChI=1S/C19H14N4O2S/c24-16-11-14-10-13(6-7-15(14)25-22-16)17-18(12-4-2-1-3-5-12)26-19-20-8-9-23(19)21-17/h1-10,18H,11H2,(H,22,24). The third-order valence-corrected chi connectivity index (χ3v) is 5.59. The van der Waals surface area contributed by atoms with Crippen LogP contribution in [0.4, 0.5) is 0 Å². The fourth-order valence-corrected chi connectivity index (χ4v) is 4.26. The molecule has 128 valence electrons. The number of carbonyl (C=O) groups excluding carboxylic acids is 1. The van der Waals surface area contributed by atoms with Crippen molar-refractivity contribution in [2.75, 3.05) is 0 Å². The molecule has 6 nitrogen and oxygen atoms in total. The summed E-state index contributed by atoms with van der Waals surface area (Å²) in [6.07, 6.45) is 3.90. The van der Waals surface area contributed by atoms with Crippen LogP contribution in [0.15, 0.2) is 71.2 Å². The van der Waals surface area contributed by atoms with Crippen molar-refractivity contribution in [2.24, 2.45) is 5.10 Å². The number of fused-ring (bicyclic) bond motifs is 2. The number of nitrogens with zero attached hydrogens (tertiary/aromatic N) is 3. The zero-order valence-corrected chi connectivity index (χ0v) is 14.4. The number of carbonyl (C=O) groups is 1. The van der Waals surface area contributed by atoms with Crippen LogP contribution in [0.25, 0.3) is 0 Å². The second kappa shape index (κ2) is 6.03. The van der Waals surface area contributed by atoms with Gasteiger partial charge in [0.1, 0.15) is 0 Å². The first-order valence-corrected chi connectivity index (χ1v) is 9.09. The van der Waals surface area contributed by atoms with Gasteiger partial charge >= 0.3 is 0 Å². The van der Waals surface area contributed by atoms with Crippen molar-refractivity contribution < 1.29 is 9.63 Å². The molecule has 26 heavy (non-hydrogen) atoms. The lowest BCUT2D eigenvalue weighted by atomic mass is 9.98. The molecule has 1 unspecified atom stereocenters. The number of imidazole rings is 1. The lowest BCUT2D eigenvalue weighted by molar-refractivity contribution is -0.128. The lowest BCUT2D eigenvalue weighted by Crippen LogP contribution is -2.33. The minimum absolute atomic E-state index is 0.0301. The summed E-state index contributed by atoms with van der Waals surface area (Å²) >= 11 is 1.67. The van der Waals surface area contributed by atoms with Crippen molar-refractivity contribution in [2.45, 2.75) is 16.8 Å². The van der Waals surface area contributed by atoms with Gasteiger partial charge < -0.3 is 4.84 Å². The van der Waals surface area contributed by atoms with Gasteiger partial charge in [-0.05, 0) is 29.3 Å². The molecule has 7 heteroatoms. The van der Waals surface area contributed by atoms with E-state index in [2.05, 4.69) is 22.6 Å². The average Bonchev–Trinajstić information content (AvgIpc) is 3.14. The summed E-state index contributed by atoms with van der Waals surface area (Å²) in [6.45, 7) is 0. The first kappa shape index (κ1) is 15.2. The molecule has 2 aromatic carbocycles. The number of rotatable bonds is 2. The van der Waals surface area contributed by atoms with Gasteiger partial charge in [-0.1, -0.05) is 42.1 Å². The van der Waals surface area contributed by atoms with Crippen LogP contribution in [-0.2, 0) is 11.2 Å². The highest BCUT2D eigenvalue weighted by Gasteiger charge is 2.29. The monoisotopic (exact) mass is 362 g/mol. The fourth-order valence-electron chi connectivity index (χ4n) is 3.13. The van der Waals surface area contributed by atoms with Crippen LogP contribution in [0.5, 0.6) is 5.75 Å². The van der Waals surface area contributed by atoms with E-state index in [1.807, 2.05) is 42.6 Å². The van der Waals surface area contributed by atoms with E-state index in [-0.39, 0.29) is 11.2 Å². The van der Waals surface area contributed by atoms with Crippen molar-refractivity contribution in [3.8, 4) is 5.75 Å². The molecular weight excluding hydrogens is 348 g/mol. The third kappa shape index (κ3) is 2.57. The van der Waals surface area contributed by atoms with Crippen LogP contribution in [-0.4, -0.2) is 21.3 Å². The van der Waals surface area contributed by atoms with E-state index in [1.54, 1.807) is 22.6 Å². The van der Waals surface area contributed by atoms with E-state index in [4.69, 9.17) is 9.94 Å². The molecule has 5 rings (SSSR count). The summed E-state index contributed by atoms with van der Waals surface area (Å²) in [5, 5.41) is 5.70. The Morgan fingerprint density at radius 1 is 1.19 bits per heavy atom. The number of hydrogen-bond acceptors (Lipinski definition) is 5. The Morgan fingerprint density at radius 3 is 2.96 bits per heavy atom. The zero-order valence-electron chi connectivity index (χ0n) is 13.6. The zero-order chi connectivity index (χ0) is 17.5. The number of benzene rings is 2. The van der Waals surface area contributed by atoms with Gasteiger partial charge in [-0.15, -0.1) is 0 Å². The molecule has 1 aromatic heterocycles. The van der Waals surface area contributed by atoms with E-state index in [0.29, 0.717) is 12.2 Å². The summed E-state index contributed by atoms with van der Waals surface area (Å²) in [7, 11) is 0. The van der Waals surface area contributed by atoms with Crippen molar-refractivity contribution in [1.82, 2.24) is 15.1 Å². The van der Waals surface area contributed by atoms with Gasteiger partial charge in [-0.3, -0.25) is 4.79 Å². The van der Waals surface area contributed by atoms with Crippen molar-refractivity contribution in [1.29, 1.82) is 0 Å². The molecule has 0 fully saturated rings. The van der Waals surface area contributed by atoms with Gasteiger partial charge in [-0.25, -0.2) is 9.66 Å². The molecule has 0 spiro atoms. The number of hydroxylamine groups is 1. The third-order valence-electron chi connectivity index (χ3n) is 4.36. The summed E-state index contributed by atoms with van der Waals surface area (Å²) < 4.78 is 1.79. The molecular formula is C19H14N4O2S. The lowest BCUT2D eigenvalue weighted by Gasteiger charge is -2.24. The quantitative estimate of drug-likeness (QED) is 0.761. The molecule has 1 amide bonds. The molecule has 3 heterocycles. The number of amides is 1. The molecule has 0 saturated heterocycles. The highest BCUT2D eigenvalue weighted by molar-refractivity contribution is 8.00. The number of thioether (sulfide) groups is 1. The summed E-state index contributed by atoms with van der Waals surface area (Å²) in [5.74, 6) is 0.531. The van der Waals surface area contributed by atoms with Gasteiger partial charge in [0, 0.05) is 18.0 Å². The second-order valence-electron chi connectivity index (χ2n) is 6.07. The Hall–Kier alpha value is -3.06. The van der Waals surface area contributed by atoms with Crippen molar-refractivity contribution in [3.05, 3.63) is 77.6 Å². The van der Waals surface area contributed by atoms with Crippen LogP contribution in [0.1, 0.15) is 21.9 Å². The minimum atomic E-state index is -0.147. The predicted molar refractivity (Wildman–Crippen MR) is 98.1 cm³/mol. The van der Waals surface area contributed by atoms with Crippen LogP contribution in [0, 0.1) is 0 Å². The SMILES string of the molecule is O=C1Cc2cc(C3=Nn4ccnc4SC3c3ccccc3)ccc2ON1. The van der Waals surface area contributed by atoms with Crippen LogP contribution in [0.3, 0.4) is 0 Å².